The minimum absolute atomic E-state index is 0.125. The highest BCUT2D eigenvalue weighted by Gasteiger charge is 2.30. The molecular formula is C15H20N2O3. The molecule has 1 heterocycles. The van der Waals surface area contributed by atoms with E-state index >= 15 is 0 Å². The molecule has 1 aliphatic rings. The van der Waals surface area contributed by atoms with E-state index in [1.165, 1.54) is 0 Å². The van der Waals surface area contributed by atoms with Gasteiger partial charge in [-0.25, -0.2) is 0 Å². The predicted octanol–water partition coefficient (Wildman–Crippen LogP) is 1.10. The van der Waals surface area contributed by atoms with Crippen LogP contribution in [-0.4, -0.2) is 30.1 Å². The Bertz CT molecular complexity index is 526. The zero-order chi connectivity index (χ0) is 14.8. The number of carbonyl (C=O) groups excluding carboxylic acids is 1. The predicted molar refractivity (Wildman–Crippen MR) is 75.3 cm³/mol. The Balaban J connectivity index is 2.06. The Labute approximate surface area is 118 Å². The lowest BCUT2D eigenvalue weighted by Crippen LogP contribution is -2.44. The molecule has 3 N–H and O–H groups in total. The number of hydrogen-bond acceptors (Lipinski definition) is 3. The van der Waals surface area contributed by atoms with E-state index in [0.717, 1.165) is 17.7 Å². The van der Waals surface area contributed by atoms with Crippen LogP contribution in [0.2, 0.25) is 0 Å². The summed E-state index contributed by atoms with van der Waals surface area (Å²) in [5.74, 6) is -1.30. The third-order valence-corrected chi connectivity index (χ3v) is 3.69. The first-order chi connectivity index (χ1) is 9.42. The summed E-state index contributed by atoms with van der Waals surface area (Å²) >= 11 is 0. The number of carbonyl (C=O) groups is 2. The van der Waals surface area contributed by atoms with Gasteiger partial charge in [0.2, 0.25) is 5.91 Å². The number of benzene rings is 1. The maximum absolute atomic E-state index is 12.3. The number of carboxylic acids is 1. The highest BCUT2D eigenvalue weighted by molar-refractivity contribution is 5.85. The molecular weight excluding hydrogens is 256 g/mol. The molecule has 1 atom stereocenters. The Hall–Kier alpha value is -1.88. The molecule has 1 aromatic carbocycles. The second kappa shape index (κ2) is 5.63. The van der Waals surface area contributed by atoms with Crippen LogP contribution < -0.4 is 10.6 Å². The van der Waals surface area contributed by atoms with Crippen molar-refractivity contribution in [2.45, 2.75) is 26.3 Å². The summed E-state index contributed by atoms with van der Waals surface area (Å²) in [7, 11) is 0. The molecule has 0 aromatic heterocycles. The molecule has 20 heavy (non-hydrogen) atoms. The zero-order valence-electron chi connectivity index (χ0n) is 11.8. The van der Waals surface area contributed by atoms with Crippen molar-refractivity contribution in [1.29, 1.82) is 0 Å². The lowest BCUT2D eigenvalue weighted by atomic mass is 9.89. The summed E-state index contributed by atoms with van der Waals surface area (Å²) < 4.78 is 0. The Morgan fingerprint density at radius 3 is 2.80 bits per heavy atom. The second-order valence-corrected chi connectivity index (χ2v) is 5.79. The topological polar surface area (TPSA) is 78.4 Å². The minimum atomic E-state index is -0.961. The van der Waals surface area contributed by atoms with Gasteiger partial charge in [-0.1, -0.05) is 24.3 Å². The van der Waals surface area contributed by atoms with Gasteiger partial charge in [-0.3, -0.25) is 9.59 Å². The van der Waals surface area contributed by atoms with Gasteiger partial charge in [-0.05, 0) is 25.0 Å². The zero-order valence-corrected chi connectivity index (χ0v) is 11.8. The molecule has 0 spiro atoms. The van der Waals surface area contributed by atoms with Crippen molar-refractivity contribution in [2.75, 3.05) is 13.1 Å². The summed E-state index contributed by atoms with van der Waals surface area (Å²) in [6.07, 6.45) is 0. The van der Waals surface area contributed by atoms with Crippen LogP contribution in [0.3, 0.4) is 0 Å². The number of carboxylic acid groups (broad SMARTS) is 1. The van der Waals surface area contributed by atoms with Crippen LogP contribution in [0.5, 0.6) is 0 Å². The number of fused-ring (bicyclic) bond motifs is 1. The van der Waals surface area contributed by atoms with Crippen LogP contribution in [0.4, 0.5) is 0 Å². The van der Waals surface area contributed by atoms with Crippen molar-refractivity contribution in [3.8, 4) is 0 Å². The average Bonchev–Trinajstić information content (AvgIpc) is 2.44. The smallest absolute Gasteiger partial charge is 0.310 e. The molecule has 0 saturated heterocycles. The van der Waals surface area contributed by atoms with Crippen molar-refractivity contribution >= 4 is 11.9 Å². The molecule has 0 fully saturated rings. The summed E-state index contributed by atoms with van der Waals surface area (Å²) in [5.41, 5.74) is 1.19. The second-order valence-electron chi connectivity index (χ2n) is 5.79. The molecule has 0 radical (unpaired) electrons. The number of nitrogens with one attached hydrogen (secondary N) is 2. The molecule has 1 amide bonds. The van der Waals surface area contributed by atoms with Crippen LogP contribution in [-0.2, 0) is 16.1 Å². The van der Waals surface area contributed by atoms with Gasteiger partial charge in [0, 0.05) is 19.6 Å². The average molecular weight is 276 g/mol. The van der Waals surface area contributed by atoms with Gasteiger partial charge in [0.1, 0.15) is 0 Å². The highest BCUT2D eigenvalue weighted by Crippen LogP contribution is 2.24. The first-order valence-electron chi connectivity index (χ1n) is 6.71. The molecule has 0 saturated carbocycles. The van der Waals surface area contributed by atoms with E-state index in [4.69, 9.17) is 5.11 Å². The Morgan fingerprint density at radius 1 is 1.40 bits per heavy atom. The van der Waals surface area contributed by atoms with E-state index in [-0.39, 0.29) is 18.4 Å². The molecule has 5 nitrogen and oxygen atoms in total. The fourth-order valence-corrected chi connectivity index (χ4v) is 2.24. The number of aliphatic carboxylic acids is 1. The largest absolute Gasteiger partial charge is 0.481 e. The summed E-state index contributed by atoms with van der Waals surface area (Å²) in [5, 5.41) is 15.0. The van der Waals surface area contributed by atoms with Gasteiger partial charge < -0.3 is 15.7 Å². The highest BCUT2D eigenvalue weighted by atomic mass is 16.4. The maximum Gasteiger partial charge on any atom is 0.310 e. The quantitative estimate of drug-likeness (QED) is 0.769. The molecule has 2 rings (SSSR count). The molecule has 0 aliphatic carbocycles. The molecule has 1 aromatic rings. The molecule has 1 aliphatic heterocycles. The molecule has 0 bridgehead atoms. The van der Waals surface area contributed by atoms with Gasteiger partial charge in [-0.2, -0.15) is 0 Å². The summed E-state index contributed by atoms with van der Waals surface area (Å²) in [6.45, 7) is 4.67. The lowest BCUT2D eigenvalue weighted by molar-refractivity contribution is -0.146. The van der Waals surface area contributed by atoms with Gasteiger partial charge in [0.25, 0.3) is 0 Å². The normalized spacial score (nSPS) is 18.2. The van der Waals surface area contributed by atoms with Crippen LogP contribution >= 0.6 is 0 Å². The van der Waals surface area contributed by atoms with Crippen molar-refractivity contribution in [3.05, 3.63) is 35.4 Å². The molecule has 5 heteroatoms. The molecule has 1 unspecified atom stereocenters. The van der Waals surface area contributed by atoms with E-state index in [1.807, 2.05) is 24.3 Å². The van der Waals surface area contributed by atoms with Crippen LogP contribution in [0.15, 0.2) is 24.3 Å². The van der Waals surface area contributed by atoms with Crippen LogP contribution in [0.1, 0.15) is 30.9 Å². The number of rotatable bonds is 4. The van der Waals surface area contributed by atoms with E-state index < -0.39 is 11.4 Å². The first-order valence-corrected chi connectivity index (χ1v) is 6.71. The van der Waals surface area contributed by atoms with Gasteiger partial charge in [0.05, 0.1) is 11.3 Å². The van der Waals surface area contributed by atoms with Crippen molar-refractivity contribution in [1.82, 2.24) is 10.6 Å². The number of amides is 1. The van der Waals surface area contributed by atoms with E-state index in [9.17, 15) is 9.59 Å². The first kappa shape index (κ1) is 14.5. The fraction of sp³-hybridized carbons (Fsp3) is 0.467. The van der Waals surface area contributed by atoms with E-state index in [1.54, 1.807) is 13.8 Å². The van der Waals surface area contributed by atoms with Crippen LogP contribution in [0, 0.1) is 5.41 Å². The molecule has 108 valence electrons. The third kappa shape index (κ3) is 2.99. The van der Waals surface area contributed by atoms with Crippen molar-refractivity contribution < 1.29 is 14.7 Å². The van der Waals surface area contributed by atoms with Gasteiger partial charge in [0.15, 0.2) is 0 Å². The fourth-order valence-electron chi connectivity index (χ4n) is 2.24. The summed E-state index contributed by atoms with van der Waals surface area (Å²) in [4.78, 5) is 23.3. The maximum atomic E-state index is 12.3. The monoisotopic (exact) mass is 276 g/mol. The third-order valence-electron chi connectivity index (χ3n) is 3.69. The standard InChI is InChI=1S/C15H20N2O3/c1-15(2,14(19)20)9-17-13(18)12-8-16-7-10-5-3-4-6-11(10)12/h3-6,12,16H,7-9H2,1-2H3,(H,17,18)(H,19,20). The van der Waals surface area contributed by atoms with Crippen molar-refractivity contribution in [2.24, 2.45) is 5.41 Å². The lowest BCUT2D eigenvalue weighted by Gasteiger charge is -2.27. The van der Waals surface area contributed by atoms with Crippen LogP contribution in [0.25, 0.3) is 0 Å². The Kier molecular flexibility index (Phi) is 4.09. The van der Waals surface area contributed by atoms with Gasteiger partial charge in [-0.15, -0.1) is 0 Å². The summed E-state index contributed by atoms with van der Waals surface area (Å²) in [6, 6.07) is 7.84. The number of hydrogen-bond donors (Lipinski definition) is 3. The van der Waals surface area contributed by atoms with Gasteiger partial charge >= 0.3 is 5.97 Å². The van der Waals surface area contributed by atoms with E-state index in [0.29, 0.717) is 6.54 Å². The van der Waals surface area contributed by atoms with Crippen molar-refractivity contribution in [3.63, 3.8) is 0 Å². The SMILES string of the molecule is CC(C)(CNC(=O)C1CNCc2ccccc21)C(=O)O. The Morgan fingerprint density at radius 2 is 2.10 bits per heavy atom. The minimum Gasteiger partial charge on any atom is -0.481 e. The van der Waals surface area contributed by atoms with E-state index in [2.05, 4.69) is 10.6 Å².